The monoisotopic (exact) mass is 224 g/mol. The molecule has 0 aromatic rings. The lowest BCUT2D eigenvalue weighted by Gasteiger charge is -2.34. The minimum absolute atomic E-state index is 0.0268. The van der Waals surface area contributed by atoms with Crippen molar-refractivity contribution in [3.8, 4) is 0 Å². The molecule has 2 unspecified atom stereocenters. The van der Waals surface area contributed by atoms with Crippen LogP contribution in [-0.4, -0.2) is 25.1 Å². The summed E-state index contributed by atoms with van der Waals surface area (Å²) < 4.78 is 11.4. The molecule has 2 rings (SSSR count). The van der Waals surface area contributed by atoms with Crippen LogP contribution in [0, 0.1) is 5.92 Å². The number of carbonyl (C=O) groups excluding carboxylic acids is 1. The van der Waals surface area contributed by atoms with E-state index in [4.69, 9.17) is 9.47 Å². The van der Waals surface area contributed by atoms with Crippen molar-refractivity contribution in [2.24, 2.45) is 5.92 Å². The van der Waals surface area contributed by atoms with Crippen molar-refractivity contribution in [3.05, 3.63) is 11.3 Å². The molecule has 90 valence electrons. The molecule has 2 aliphatic rings. The fraction of sp³-hybridized carbons (Fsp3) is 0.769. The predicted octanol–water partition coefficient (Wildman–Crippen LogP) is 2.46. The fourth-order valence-corrected chi connectivity index (χ4v) is 2.54. The van der Waals surface area contributed by atoms with Crippen molar-refractivity contribution in [1.82, 2.24) is 0 Å². The van der Waals surface area contributed by atoms with Crippen molar-refractivity contribution in [1.29, 1.82) is 0 Å². The van der Waals surface area contributed by atoms with E-state index in [0.29, 0.717) is 25.4 Å². The van der Waals surface area contributed by atoms with Gasteiger partial charge in [0, 0.05) is 6.42 Å². The molecule has 0 aromatic heterocycles. The molecule has 1 aliphatic carbocycles. The first kappa shape index (κ1) is 11.6. The topological polar surface area (TPSA) is 35.5 Å². The Morgan fingerprint density at radius 2 is 2.06 bits per heavy atom. The zero-order chi connectivity index (χ0) is 11.5. The highest BCUT2D eigenvalue weighted by atomic mass is 16.6. The van der Waals surface area contributed by atoms with Crippen LogP contribution in [0.25, 0.3) is 0 Å². The average molecular weight is 224 g/mol. The van der Waals surface area contributed by atoms with Crippen LogP contribution in [0.2, 0.25) is 0 Å². The van der Waals surface area contributed by atoms with Gasteiger partial charge in [-0.1, -0.05) is 6.42 Å². The van der Waals surface area contributed by atoms with Crippen molar-refractivity contribution in [2.75, 3.05) is 13.2 Å². The van der Waals surface area contributed by atoms with Crippen LogP contribution < -0.4 is 0 Å². The van der Waals surface area contributed by atoms with Crippen LogP contribution in [0.15, 0.2) is 11.3 Å². The molecule has 0 amide bonds. The smallest absolute Gasteiger partial charge is 0.139 e. The first-order valence-electron chi connectivity index (χ1n) is 6.14. The Morgan fingerprint density at radius 1 is 1.25 bits per heavy atom. The summed E-state index contributed by atoms with van der Waals surface area (Å²) in [7, 11) is 0. The highest BCUT2D eigenvalue weighted by Gasteiger charge is 2.36. The second-order valence-electron chi connectivity index (χ2n) is 4.82. The summed E-state index contributed by atoms with van der Waals surface area (Å²) in [6.07, 6.45) is 3.70. The van der Waals surface area contributed by atoms with Gasteiger partial charge < -0.3 is 9.47 Å². The molecular weight excluding hydrogens is 204 g/mol. The molecule has 1 heterocycles. The quantitative estimate of drug-likeness (QED) is 0.686. The molecule has 16 heavy (non-hydrogen) atoms. The van der Waals surface area contributed by atoms with Crippen molar-refractivity contribution in [3.63, 3.8) is 0 Å². The zero-order valence-electron chi connectivity index (χ0n) is 10.1. The number of hydrogen-bond donors (Lipinski definition) is 0. The lowest BCUT2D eigenvalue weighted by molar-refractivity contribution is -0.135. The van der Waals surface area contributed by atoms with Gasteiger partial charge in [-0.3, -0.25) is 4.79 Å². The van der Waals surface area contributed by atoms with E-state index >= 15 is 0 Å². The summed E-state index contributed by atoms with van der Waals surface area (Å²) in [6.45, 7) is 5.25. The van der Waals surface area contributed by atoms with E-state index in [1.54, 1.807) is 0 Å². The van der Waals surface area contributed by atoms with Gasteiger partial charge in [-0.15, -0.1) is 0 Å². The minimum Gasteiger partial charge on any atom is -0.493 e. The maximum absolute atomic E-state index is 11.9. The number of allylic oxidation sites excluding steroid dienone is 1. The molecule has 2 atom stereocenters. The van der Waals surface area contributed by atoms with Gasteiger partial charge in [0.05, 0.1) is 12.5 Å². The lowest BCUT2D eigenvalue weighted by atomic mass is 9.82. The Balaban J connectivity index is 2.16. The summed E-state index contributed by atoms with van der Waals surface area (Å²) in [5, 5.41) is 0. The second-order valence-corrected chi connectivity index (χ2v) is 4.82. The van der Waals surface area contributed by atoms with Gasteiger partial charge in [-0.25, -0.2) is 0 Å². The minimum atomic E-state index is -0.119. The molecule has 0 aromatic carbocycles. The highest BCUT2D eigenvalue weighted by Crippen LogP contribution is 2.32. The van der Waals surface area contributed by atoms with E-state index in [2.05, 4.69) is 0 Å². The van der Waals surface area contributed by atoms with E-state index in [9.17, 15) is 4.79 Å². The predicted molar refractivity (Wildman–Crippen MR) is 61.0 cm³/mol. The van der Waals surface area contributed by atoms with Gasteiger partial charge in [-0.2, -0.15) is 0 Å². The van der Waals surface area contributed by atoms with Crippen molar-refractivity contribution >= 4 is 5.78 Å². The number of hydrogen-bond acceptors (Lipinski definition) is 3. The molecule has 0 bridgehead atoms. The summed E-state index contributed by atoms with van der Waals surface area (Å²) in [5.74, 6) is 1.27. The third-order valence-electron chi connectivity index (χ3n) is 3.36. The van der Waals surface area contributed by atoms with Crippen LogP contribution in [0.4, 0.5) is 0 Å². The molecule has 0 N–H and O–H groups in total. The summed E-state index contributed by atoms with van der Waals surface area (Å²) in [5.41, 5.74) is 1.13. The van der Waals surface area contributed by atoms with Crippen molar-refractivity contribution in [2.45, 2.75) is 45.6 Å². The van der Waals surface area contributed by atoms with E-state index in [0.717, 1.165) is 30.6 Å². The molecule has 1 aliphatic heterocycles. The largest absolute Gasteiger partial charge is 0.493 e. The Morgan fingerprint density at radius 3 is 2.75 bits per heavy atom. The van der Waals surface area contributed by atoms with E-state index < -0.39 is 0 Å². The SMILES string of the molecule is CC(C)=C1OCCOC1C1CCCCC1=O. The van der Waals surface area contributed by atoms with Gasteiger partial charge in [0.1, 0.15) is 24.3 Å². The van der Waals surface area contributed by atoms with Gasteiger partial charge >= 0.3 is 0 Å². The standard InChI is InChI=1S/C13H20O3/c1-9(2)12-13(16-8-7-15-12)10-5-3-4-6-11(10)14/h10,13H,3-8H2,1-2H3. The Hall–Kier alpha value is -0.830. The normalized spacial score (nSPS) is 31.1. The second kappa shape index (κ2) is 5.00. The Labute approximate surface area is 96.8 Å². The third-order valence-corrected chi connectivity index (χ3v) is 3.36. The van der Waals surface area contributed by atoms with Gasteiger partial charge in [-0.05, 0) is 32.3 Å². The maximum atomic E-state index is 11.9. The number of Topliss-reactive ketones (excluding diaryl/α,β-unsaturated/α-hetero) is 1. The van der Waals surface area contributed by atoms with Crippen molar-refractivity contribution < 1.29 is 14.3 Å². The van der Waals surface area contributed by atoms with Gasteiger partial charge in [0.25, 0.3) is 0 Å². The number of ketones is 1. The van der Waals surface area contributed by atoms with E-state index in [-0.39, 0.29) is 12.0 Å². The van der Waals surface area contributed by atoms with E-state index in [1.807, 2.05) is 13.8 Å². The number of rotatable bonds is 1. The molecule has 1 saturated carbocycles. The third kappa shape index (κ3) is 2.29. The summed E-state index contributed by atoms with van der Waals surface area (Å²) in [6, 6.07) is 0. The number of ether oxygens (including phenoxy) is 2. The molecule has 0 radical (unpaired) electrons. The van der Waals surface area contributed by atoms with Crippen LogP contribution in [0.5, 0.6) is 0 Å². The van der Waals surface area contributed by atoms with E-state index in [1.165, 1.54) is 0 Å². The first-order valence-corrected chi connectivity index (χ1v) is 6.14. The van der Waals surface area contributed by atoms with Crippen LogP contribution >= 0.6 is 0 Å². The molecule has 3 nitrogen and oxygen atoms in total. The Kier molecular flexibility index (Phi) is 3.64. The van der Waals surface area contributed by atoms with Crippen LogP contribution in [0.1, 0.15) is 39.5 Å². The lowest BCUT2D eigenvalue weighted by Crippen LogP contribution is -2.39. The molecule has 0 spiro atoms. The van der Waals surface area contributed by atoms with Crippen LogP contribution in [-0.2, 0) is 14.3 Å². The first-order chi connectivity index (χ1) is 7.70. The molecular formula is C13H20O3. The highest BCUT2D eigenvalue weighted by molar-refractivity contribution is 5.82. The average Bonchev–Trinajstić information content (AvgIpc) is 2.29. The maximum Gasteiger partial charge on any atom is 0.139 e. The van der Waals surface area contributed by atoms with Gasteiger partial charge in [0.2, 0.25) is 0 Å². The zero-order valence-corrected chi connectivity index (χ0v) is 10.1. The Bertz CT molecular complexity index is 302. The molecule has 3 heteroatoms. The number of carbonyl (C=O) groups is 1. The molecule has 2 fully saturated rings. The fourth-order valence-electron chi connectivity index (χ4n) is 2.54. The summed E-state index contributed by atoms with van der Waals surface area (Å²) in [4.78, 5) is 11.9. The summed E-state index contributed by atoms with van der Waals surface area (Å²) >= 11 is 0. The van der Waals surface area contributed by atoms with Gasteiger partial charge in [0.15, 0.2) is 0 Å². The molecule has 1 saturated heterocycles. The van der Waals surface area contributed by atoms with Crippen LogP contribution in [0.3, 0.4) is 0 Å².